The van der Waals surface area contributed by atoms with Crippen molar-refractivity contribution in [2.24, 2.45) is 0 Å². The fraction of sp³-hybridized carbons (Fsp3) is 0.250. The highest BCUT2D eigenvalue weighted by Crippen LogP contribution is 2.49. The lowest BCUT2D eigenvalue weighted by Gasteiger charge is -2.16. The molecule has 0 aliphatic heterocycles. The van der Waals surface area contributed by atoms with E-state index in [1.807, 2.05) is 13.0 Å². The maximum Gasteiger partial charge on any atom is 0.524 e. The summed E-state index contributed by atoms with van der Waals surface area (Å²) in [6.45, 7) is 1.87. The average Bonchev–Trinajstić information content (AvgIpc) is 3.21. The third-order valence-electron chi connectivity index (χ3n) is 4.48. The second-order valence-corrected chi connectivity index (χ2v) is 7.56. The predicted octanol–water partition coefficient (Wildman–Crippen LogP) is 3.82. The molecule has 0 fully saturated rings. The first-order valence-corrected chi connectivity index (χ1v) is 10.4. The number of nitrogens with zero attached hydrogens (tertiary/aromatic N) is 1. The Morgan fingerprint density at radius 2 is 1.42 bits per heavy atom. The molecule has 0 unspecified atom stereocenters. The van der Waals surface area contributed by atoms with Crippen molar-refractivity contribution in [3.63, 3.8) is 0 Å². The van der Waals surface area contributed by atoms with Crippen LogP contribution in [0.3, 0.4) is 0 Å². The third kappa shape index (κ3) is 4.61. The molecule has 0 saturated carbocycles. The maximum absolute atomic E-state index is 11.4. The number of phosphoric acid groups is 1. The molecule has 0 aliphatic rings. The Bertz CT molecular complexity index is 1140. The van der Waals surface area contributed by atoms with Crippen LogP contribution in [0.5, 0.6) is 28.7 Å². The smallest absolute Gasteiger partial charge is 0.493 e. The van der Waals surface area contributed by atoms with Crippen molar-refractivity contribution >= 4 is 7.82 Å². The second-order valence-electron chi connectivity index (χ2n) is 6.40. The normalized spacial score (nSPS) is 11.2. The van der Waals surface area contributed by atoms with E-state index in [2.05, 4.69) is 5.16 Å². The lowest BCUT2D eigenvalue weighted by Crippen LogP contribution is -1.98. The highest BCUT2D eigenvalue weighted by atomic mass is 31.2. The molecule has 31 heavy (non-hydrogen) atoms. The Hall–Kier alpha value is -3.20. The number of rotatable bonds is 8. The van der Waals surface area contributed by atoms with Gasteiger partial charge in [-0.1, -0.05) is 5.16 Å². The van der Waals surface area contributed by atoms with E-state index in [-0.39, 0.29) is 17.2 Å². The van der Waals surface area contributed by atoms with E-state index in [1.165, 1.54) is 33.7 Å². The Morgan fingerprint density at radius 3 is 2.00 bits per heavy atom. The van der Waals surface area contributed by atoms with E-state index < -0.39 is 7.82 Å². The molecule has 3 aromatic rings. The fourth-order valence-electron chi connectivity index (χ4n) is 3.22. The van der Waals surface area contributed by atoms with Crippen molar-refractivity contribution < 1.29 is 42.3 Å². The molecular weight excluding hydrogens is 429 g/mol. The number of phosphoric ester groups is 1. The van der Waals surface area contributed by atoms with Gasteiger partial charge in [0.2, 0.25) is 5.75 Å². The zero-order valence-electron chi connectivity index (χ0n) is 17.5. The lowest BCUT2D eigenvalue weighted by atomic mass is 9.99. The standard InChI is InChI=1S/C20H22NO9P/c1-11-6-13(9-15(25-2)19(11)27-4)18-14(10-29-21-18)12-7-16(26-3)20(28-5)17(8-12)30-31(22,23)24/h6-10H,1-5H3,(H2,22,23,24). The number of hydrogen-bond donors (Lipinski definition) is 2. The molecule has 0 saturated heterocycles. The van der Waals surface area contributed by atoms with E-state index in [1.54, 1.807) is 19.2 Å². The molecule has 0 spiro atoms. The molecular formula is C20H22NO9P. The van der Waals surface area contributed by atoms with Gasteiger partial charge in [0.25, 0.3) is 0 Å². The summed E-state index contributed by atoms with van der Waals surface area (Å²) in [5.41, 5.74) is 2.99. The topological polar surface area (TPSA) is 130 Å². The highest BCUT2D eigenvalue weighted by Gasteiger charge is 2.25. The summed E-state index contributed by atoms with van der Waals surface area (Å²) >= 11 is 0. The Labute approximate surface area is 178 Å². The molecule has 0 radical (unpaired) electrons. The number of hydrogen-bond acceptors (Lipinski definition) is 8. The monoisotopic (exact) mass is 451 g/mol. The molecule has 1 heterocycles. The Morgan fingerprint density at radius 1 is 0.839 bits per heavy atom. The van der Waals surface area contributed by atoms with Crippen LogP contribution < -0.4 is 23.5 Å². The van der Waals surface area contributed by atoms with Crippen LogP contribution in [0.1, 0.15) is 5.56 Å². The van der Waals surface area contributed by atoms with Crippen LogP contribution in [0.25, 0.3) is 22.4 Å². The van der Waals surface area contributed by atoms with Crippen molar-refractivity contribution in [2.75, 3.05) is 28.4 Å². The minimum Gasteiger partial charge on any atom is -0.493 e. The quantitative estimate of drug-likeness (QED) is 0.488. The van der Waals surface area contributed by atoms with Crippen LogP contribution in [0.4, 0.5) is 0 Å². The van der Waals surface area contributed by atoms with E-state index in [0.29, 0.717) is 33.9 Å². The van der Waals surface area contributed by atoms with Crippen LogP contribution in [-0.4, -0.2) is 43.4 Å². The molecule has 1 aromatic heterocycles. The molecule has 2 N–H and O–H groups in total. The van der Waals surface area contributed by atoms with Gasteiger partial charge in [-0.15, -0.1) is 0 Å². The summed E-state index contributed by atoms with van der Waals surface area (Å²) in [4.78, 5) is 18.6. The lowest BCUT2D eigenvalue weighted by molar-refractivity contribution is 0.273. The number of aromatic nitrogens is 1. The number of ether oxygens (including phenoxy) is 4. The summed E-state index contributed by atoms with van der Waals surface area (Å²) < 4.78 is 42.8. The van der Waals surface area contributed by atoms with Gasteiger partial charge >= 0.3 is 7.82 Å². The first-order valence-electron chi connectivity index (χ1n) is 8.91. The number of aryl methyl sites for hydroxylation is 1. The van der Waals surface area contributed by atoms with E-state index in [4.69, 9.17) is 28.0 Å². The summed E-state index contributed by atoms with van der Waals surface area (Å²) in [5.74, 6) is 1.17. The second kappa shape index (κ2) is 8.89. The number of methoxy groups -OCH3 is 4. The summed E-state index contributed by atoms with van der Waals surface area (Å²) in [6, 6.07) is 6.64. The van der Waals surface area contributed by atoms with Gasteiger partial charge in [0.1, 0.15) is 12.0 Å². The van der Waals surface area contributed by atoms with Crippen molar-refractivity contribution in [3.8, 4) is 51.1 Å². The van der Waals surface area contributed by atoms with Crippen molar-refractivity contribution in [1.29, 1.82) is 0 Å². The molecule has 2 aromatic carbocycles. The van der Waals surface area contributed by atoms with Gasteiger partial charge in [-0.2, -0.15) is 0 Å². The highest BCUT2D eigenvalue weighted by molar-refractivity contribution is 7.46. The van der Waals surface area contributed by atoms with Gasteiger partial charge in [-0.05, 0) is 42.3 Å². The van der Waals surface area contributed by atoms with Crippen LogP contribution in [0, 0.1) is 6.92 Å². The van der Waals surface area contributed by atoms with Gasteiger partial charge in [0.05, 0.1) is 28.4 Å². The molecule has 0 bridgehead atoms. The fourth-order valence-corrected chi connectivity index (χ4v) is 3.61. The first-order chi connectivity index (χ1) is 14.7. The van der Waals surface area contributed by atoms with Gasteiger partial charge in [-0.3, -0.25) is 9.79 Å². The summed E-state index contributed by atoms with van der Waals surface area (Å²) in [6.07, 6.45) is 1.41. The van der Waals surface area contributed by atoms with Gasteiger partial charge in [-0.25, -0.2) is 4.57 Å². The molecule has 10 nitrogen and oxygen atoms in total. The number of benzene rings is 2. The maximum atomic E-state index is 11.4. The van der Waals surface area contributed by atoms with Crippen LogP contribution >= 0.6 is 7.82 Å². The minimum absolute atomic E-state index is 0.0366. The zero-order valence-corrected chi connectivity index (χ0v) is 18.4. The molecule has 0 aliphatic carbocycles. The summed E-state index contributed by atoms with van der Waals surface area (Å²) in [7, 11) is 0.963. The van der Waals surface area contributed by atoms with E-state index >= 15 is 0 Å². The summed E-state index contributed by atoms with van der Waals surface area (Å²) in [5, 5.41) is 4.10. The van der Waals surface area contributed by atoms with Crippen molar-refractivity contribution in [3.05, 3.63) is 36.1 Å². The predicted molar refractivity (Wildman–Crippen MR) is 111 cm³/mol. The SMILES string of the molecule is COc1cc(-c2nocc2-c2cc(OC)c(OC)c(OP(=O)(O)O)c2)cc(C)c1OC. The van der Waals surface area contributed by atoms with Gasteiger partial charge in [0, 0.05) is 11.1 Å². The van der Waals surface area contributed by atoms with Crippen LogP contribution in [0.2, 0.25) is 0 Å². The molecule has 0 atom stereocenters. The molecule has 11 heteroatoms. The Balaban J connectivity index is 2.19. The molecule has 3 rings (SSSR count). The average molecular weight is 451 g/mol. The first kappa shape index (κ1) is 22.5. The third-order valence-corrected chi connectivity index (χ3v) is 4.92. The van der Waals surface area contributed by atoms with E-state index in [0.717, 1.165) is 5.56 Å². The zero-order chi connectivity index (χ0) is 22.8. The Kier molecular flexibility index (Phi) is 6.45. The van der Waals surface area contributed by atoms with E-state index in [9.17, 15) is 14.4 Å². The molecule has 0 amide bonds. The van der Waals surface area contributed by atoms with Crippen LogP contribution in [-0.2, 0) is 4.57 Å². The largest absolute Gasteiger partial charge is 0.524 e. The van der Waals surface area contributed by atoms with Gasteiger partial charge < -0.3 is 28.0 Å². The van der Waals surface area contributed by atoms with Crippen LogP contribution in [0.15, 0.2) is 35.1 Å². The van der Waals surface area contributed by atoms with Crippen molar-refractivity contribution in [1.82, 2.24) is 5.16 Å². The van der Waals surface area contributed by atoms with Crippen molar-refractivity contribution in [2.45, 2.75) is 6.92 Å². The minimum atomic E-state index is -4.86. The molecule has 166 valence electrons. The van der Waals surface area contributed by atoms with Gasteiger partial charge in [0.15, 0.2) is 23.0 Å².